The van der Waals surface area contributed by atoms with Crippen molar-refractivity contribution in [1.82, 2.24) is 0 Å². The van der Waals surface area contributed by atoms with Crippen molar-refractivity contribution in [2.75, 3.05) is 0 Å². The van der Waals surface area contributed by atoms with Crippen LogP contribution in [0.15, 0.2) is 0 Å². The fourth-order valence-electron chi connectivity index (χ4n) is 4.88. The Morgan fingerprint density at radius 1 is 1.00 bits per heavy atom. The number of carbonyl (C=O) groups is 2. The Morgan fingerprint density at radius 2 is 1.80 bits per heavy atom. The molecule has 4 aliphatic rings. The van der Waals surface area contributed by atoms with Crippen molar-refractivity contribution in [3.63, 3.8) is 0 Å². The van der Waals surface area contributed by atoms with Gasteiger partial charge >= 0.3 is 11.9 Å². The monoisotopic (exact) mass is 206 g/mol. The standard InChI is InChI=1S/C12H14O3/c13-11-8-4-7-5-1-2-6(3-5)9(7)10(8)12(14)15-11/h5-10H,1-4H2. The SMILES string of the molecule is O=C1OC(=O)C2C1CC1C3CCC(C3)C12. The Balaban J connectivity index is 1.75. The molecule has 2 bridgehead atoms. The van der Waals surface area contributed by atoms with Gasteiger partial charge in [0, 0.05) is 0 Å². The van der Waals surface area contributed by atoms with Gasteiger partial charge in [-0.05, 0) is 49.4 Å². The summed E-state index contributed by atoms with van der Waals surface area (Å²) in [6.07, 6.45) is 4.84. The molecule has 1 saturated heterocycles. The lowest BCUT2D eigenvalue weighted by molar-refractivity contribution is -0.155. The predicted octanol–water partition coefficient (Wildman–Crippen LogP) is 1.37. The number of hydrogen-bond donors (Lipinski definition) is 0. The average molecular weight is 206 g/mol. The molecule has 15 heavy (non-hydrogen) atoms. The van der Waals surface area contributed by atoms with Crippen LogP contribution in [-0.2, 0) is 14.3 Å². The third-order valence-electron chi connectivity index (χ3n) is 5.31. The molecule has 6 unspecified atom stereocenters. The molecule has 4 rings (SSSR count). The van der Waals surface area contributed by atoms with E-state index in [1.807, 2.05) is 0 Å². The summed E-state index contributed by atoms with van der Waals surface area (Å²) in [5.74, 6) is 2.10. The number of esters is 2. The normalized spacial score (nSPS) is 55.7. The van der Waals surface area contributed by atoms with Gasteiger partial charge in [0.15, 0.2) is 0 Å². The van der Waals surface area contributed by atoms with Gasteiger partial charge in [0.1, 0.15) is 0 Å². The Kier molecular flexibility index (Phi) is 1.35. The molecule has 4 fully saturated rings. The fraction of sp³-hybridized carbons (Fsp3) is 0.833. The molecule has 1 heterocycles. The molecule has 3 aliphatic carbocycles. The van der Waals surface area contributed by atoms with Crippen molar-refractivity contribution >= 4 is 11.9 Å². The van der Waals surface area contributed by atoms with Gasteiger partial charge in [-0.15, -0.1) is 0 Å². The lowest BCUT2D eigenvalue weighted by Gasteiger charge is -2.26. The zero-order valence-corrected chi connectivity index (χ0v) is 8.52. The summed E-state index contributed by atoms with van der Waals surface area (Å²) in [6.45, 7) is 0. The molecule has 0 N–H and O–H groups in total. The highest BCUT2D eigenvalue weighted by Gasteiger charge is 2.63. The van der Waals surface area contributed by atoms with Crippen LogP contribution in [0.3, 0.4) is 0 Å². The van der Waals surface area contributed by atoms with Crippen LogP contribution in [-0.4, -0.2) is 11.9 Å². The van der Waals surface area contributed by atoms with Crippen LogP contribution < -0.4 is 0 Å². The smallest absolute Gasteiger partial charge is 0.317 e. The zero-order valence-electron chi connectivity index (χ0n) is 8.52. The van der Waals surface area contributed by atoms with Gasteiger partial charge in [0.25, 0.3) is 0 Å². The fourth-order valence-corrected chi connectivity index (χ4v) is 4.88. The Morgan fingerprint density at radius 3 is 2.67 bits per heavy atom. The van der Waals surface area contributed by atoms with E-state index in [1.54, 1.807) is 0 Å². The molecule has 1 aliphatic heterocycles. The van der Waals surface area contributed by atoms with E-state index >= 15 is 0 Å². The van der Waals surface area contributed by atoms with Gasteiger partial charge < -0.3 is 4.74 Å². The quantitative estimate of drug-likeness (QED) is 0.444. The van der Waals surface area contributed by atoms with E-state index in [9.17, 15) is 9.59 Å². The van der Waals surface area contributed by atoms with E-state index in [1.165, 1.54) is 19.3 Å². The van der Waals surface area contributed by atoms with Crippen LogP contribution in [0.5, 0.6) is 0 Å². The molecule has 3 heteroatoms. The third kappa shape index (κ3) is 0.837. The predicted molar refractivity (Wildman–Crippen MR) is 50.5 cm³/mol. The van der Waals surface area contributed by atoms with Crippen molar-refractivity contribution in [3.8, 4) is 0 Å². The van der Waals surface area contributed by atoms with E-state index in [0.717, 1.165) is 12.3 Å². The first kappa shape index (κ1) is 8.31. The molecule has 6 atom stereocenters. The van der Waals surface area contributed by atoms with Gasteiger partial charge in [0.05, 0.1) is 11.8 Å². The van der Waals surface area contributed by atoms with E-state index in [2.05, 4.69) is 0 Å². The summed E-state index contributed by atoms with van der Waals surface area (Å²) in [4.78, 5) is 23.1. The Labute approximate surface area is 88.2 Å². The summed E-state index contributed by atoms with van der Waals surface area (Å²) in [7, 11) is 0. The summed E-state index contributed by atoms with van der Waals surface area (Å²) >= 11 is 0. The largest absolute Gasteiger partial charge is 0.393 e. The van der Waals surface area contributed by atoms with Crippen LogP contribution in [0.25, 0.3) is 0 Å². The first-order chi connectivity index (χ1) is 7.25. The Bertz CT molecular complexity index is 362. The van der Waals surface area contributed by atoms with E-state index < -0.39 is 0 Å². The minimum atomic E-state index is -0.237. The molecule has 0 aromatic rings. The maximum absolute atomic E-state index is 11.6. The van der Waals surface area contributed by atoms with E-state index in [-0.39, 0.29) is 23.8 Å². The van der Waals surface area contributed by atoms with Gasteiger partial charge in [-0.25, -0.2) is 0 Å². The second kappa shape index (κ2) is 2.45. The van der Waals surface area contributed by atoms with Gasteiger partial charge in [-0.3, -0.25) is 9.59 Å². The first-order valence-corrected chi connectivity index (χ1v) is 6.01. The topological polar surface area (TPSA) is 43.4 Å². The number of fused-ring (bicyclic) bond motifs is 7. The summed E-state index contributed by atoms with van der Waals surface area (Å²) in [6, 6.07) is 0. The molecule has 80 valence electrons. The molecule has 0 aromatic carbocycles. The summed E-state index contributed by atoms with van der Waals surface area (Å²) in [5, 5.41) is 0. The van der Waals surface area contributed by atoms with Crippen molar-refractivity contribution in [3.05, 3.63) is 0 Å². The van der Waals surface area contributed by atoms with Crippen LogP contribution in [0, 0.1) is 35.5 Å². The third-order valence-corrected chi connectivity index (χ3v) is 5.31. The second-order valence-electron chi connectivity index (χ2n) is 5.68. The van der Waals surface area contributed by atoms with Crippen molar-refractivity contribution < 1.29 is 14.3 Å². The first-order valence-electron chi connectivity index (χ1n) is 6.01. The lowest BCUT2D eigenvalue weighted by atomic mass is 9.78. The van der Waals surface area contributed by atoms with Crippen molar-refractivity contribution in [2.24, 2.45) is 35.5 Å². The summed E-state index contributed by atoms with van der Waals surface area (Å²) < 4.78 is 4.77. The maximum atomic E-state index is 11.6. The minimum absolute atomic E-state index is 0.0576. The molecule has 0 amide bonds. The highest BCUT2D eigenvalue weighted by molar-refractivity contribution is 5.97. The lowest BCUT2D eigenvalue weighted by Crippen LogP contribution is -2.26. The van der Waals surface area contributed by atoms with Crippen LogP contribution in [0.4, 0.5) is 0 Å². The maximum Gasteiger partial charge on any atom is 0.317 e. The molecule has 3 saturated carbocycles. The van der Waals surface area contributed by atoms with Crippen LogP contribution in [0.2, 0.25) is 0 Å². The highest BCUT2D eigenvalue weighted by Crippen LogP contribution is 2.63. The molecule has 0 spiro atoms. The van der Waals surface area contributed by atoms with Gasteiger partial charge in [-0.1, -0.05) is 0 Å². The van der Waals surface area contributed by atoms with Crippen LogP contribution in [0.1, 0.15) is 25.7 Å². The number of ether oxygens (including phenoxy) is 1. The van der Waals surface area contributed by atoms with E-state index in [0.29, 0.717) is 17.8 Å². The van der Waals surface area contributed by atoms with Gasteiger partial charge in [-0.2, -0.15) is 0 Å². The molecule has 0 aromatic heterocycles. The average Bonchev–Trinajstić information content (AvgIpc) is 2.89. The van der Waals surface area contributed by atoms with Crippen LogP contribution >= 0.6 is 0 Å². The zero-order chi connectivity index (χ0) is 10.2. The number of carbonyl (C=O) groups excluding carboxylic acids is 2. The van der Waals surface area contributed by atoms with Gasteiger partial charge in [0.2, 0.25) is 0 Å². The minimum Gasteiger partial charge on any atom is -0.393 e. The molecular formula is C12H14O3. The number of rotatable bonds is 0. The number of cyclic esters (lactones) is 2. The van der Waals surface area contributed by atoms with Crippen molar-refractivity contribution in [2.45, 2.75) is 25.7 Å². The second-order valence-corrected chi connectivity index (χ2v) is 5.68. The van der Waals surface area contributed by atoms with E-state index in [4.69, 9.17) is 4.74 Å². The molecular weight excluding hydrogens is 192 g/mol. The molecule has 0 radical (unpaired) electrons. The van der Waals surface area contributed by atoms with Crippen molar-refractivity contribution in [1.29, 1.82) is 0 Å². The highest BCUT2D eigenvalue weighted by atomic mass is 16.6. The number of hydrogen-bond acceptors (Lipinski definition) is 3. The Hall–Kier alpha value is -0.860. The molecule has 3 nitrogen and oxygen atoms in total. The summed E-state index contributed by atoms with van der Waals surface area (Å²) in [5.41, 5.74) is 0.